The van der Waals surface area contributed by atoms with Crippen LogP contribution < -0.4 is 0 Å². The second-order valence-electron chi connectivity index (χ2n) is 5.67. The summed E-state index contributed by atoms with van der Waals surface area (Å²) in [7, 11) is -1.04. The minimum absolute atomic E-state index is 0.251. The molecule has 2 aromatic heterocycles. The summed E-state index contributed by atoms with van der Waals surface area (Å²) in [6.07, 6.45) is 3.66. The van der Waals surface area contributed by atoms with Crippen molar-refractivity contribution >= 4 is 46.6 Å². The van der Waals surface area contributed by atoms with Crippen LogP contribution in [-0.2, 0) is 11.5 Å². The van der Waals surface area contributed by atoms with Gasteiger partial charge in [0.15, 0.2) is 0 Å². The van der Waals surface area contributed by atoms with Crippen molar-refractivity contribution < 1.29 is 4.74 Å². The molecular formula is C12H17BrClN3OSi. The number of rotatable bonds is 5. The van der Waals surface area contributed by atoms with Gasteiger partial charge in [-0.15, -0.1) is 0 Å². The maximum atomic E-state index is 5.83. The average Bonchev–Trinajstić information content (AvgIpc) is 2.60. The van der Waals surface area contributed by atoms with Gasteiger partial charge in [0, 0.05) is 31.5 Å². The molecule has 0 aliphatic heterocycles. The molecular weight excluding hydrogens is 346 g/mol. The largest absolute Gasteiger partial charge is 0.361 e. The summed E-state index contributed by atoms with van der Waals surface area (Å²) in [6, 6.07) is 1.16. The molecule has 7 heteroatoms. The van der Waals surface area contributed by atoms with Gasteiger partial charge in [-0.2, -0.15) is 4.98 Å². The number of fused-ring (bicyclic) bond motifs is 1. The highest BCUT2D eigenvalue weighted by atomic mass is 79.9. The lowest BCUT2D eigenvalue weighted by Crippen LogP contribution is -2.22. The van der Waals surface area contributed by atoms with Gasteiger partial charge < -0.3 is 9.30 Å². The molecule has 0 unspecified atom stereocenters. The SMILES string of the molecule is C[Si](C)(C)CCOCn1cc(Br)c2cnc(Cl)nc21. The Morgan fingerprint density at radius 2 is 2.16 bits per heavy atom. The van der Waals surface area contributed by atoms with Crippen molar-refractivity contribution in [2.75, 3.05) is 6.61 Å². The number of ether oxygens (including phenoxy) is 1. The third-order valence-electron chi connectivity index (χ3n) is 2.76. The quantitative estimate of drug-likeness (QED) is 0.455. The van der Waals surface area contributed by atoms with Gasteiger partial charge >= 0.3 is 0 Å². The number of hydrogen-bond donors (Lipinski definition) is 0. The van der Waals surface area contributed by atoms with E-state index in [4.69, 9.17) is 16.3 Å². The van der Waals surface area contributed by atoms with Crippen LogP contribution in [0.1, 0.15) is 0 Å². The van der Waals surface area contributed by atoms with E-state index in [1.54, 1.807) is 6.20 Å². The lowest BCUT2D eigenvalue weighted by molar-refractivity contribution is 0.0898. The highest BCUT2D eigenvalue weighted by molar-refractivity contribution is 9.10. The highest BCUT2D eigenvalue weighted by Gasteiger charge is 2.13. The molecule has 0 radical (unpaired) electrons. The average molecular weight is 363 g/mol. The van der Waals surface area contributed by atoms with E-state index in [-0.39, 0.29) is 5.28 Å². The van der Waals surface area contributed by atoms with E-state index < -0.39 is 8.07 Å². The van der Waals surface area contributed by atoms with Crippen LogP contribution in [0.3, 0.4) is 0 Å². The van der Waals surface area contributed by atoms with Gasteiger partial charge in [-0.1, -0.05) is 19.6 Å². The number of halogens is 2. The molecule has 19 heavy (non-hydrogen) atoms. The van der Waals surface area contributed by atoms with Crippen molar-refractivity contribution in [1.29, 1.82) is 0 Å². The summed E-state index contributed by atoms with van der Waals surface area (Å²) in [5.74, 6) is 0. The fraction of sp³-hybridized carbons (Fsp3) is 0.500. The van der Waals surface area contributed by atoms with Crippen molar-refractivity contribution in [1.82, 2.24) is 14.5 Å². The predicted molar refractivity (Wildman–Crippen MR) is 84.3 cm³/mol. The minimum atomic E-state index is -1.04. The summed E-state index contributed by atoms with van der Waals surface area (Å²) in [5.41, 5.74) is 0.792. The van der Waals surface area contributed by atoms with Gasteiger partial charge in [-0.3, -0.25) is 0 Å². The number of hydrogen-bond acceptors (Lipinski definition) is 3. The Kier molecular flexibility index (Phi) is 4.65. The summed E-state index contributed by atoms with van der Waals surface area (Å²) >= 11 is 9.33. The van der Waals surface area contributed by atoms with Crippen molar-refractivity contribution in [2.24, 2.45) is 0 Å². The zero-order chi connectivity index (χ0) is 14.0. The number of nitrogens with zero attached hydrogens (tertiary/aromatic N) is 3. The van der Waals surface area contributed by atoms with Gasteiger partial charge in [-0.05, 0) is 33.6 Å². The zero-order valence-electron chi connectivity index (χ0n) is 11.3. The third kappa shape index (κ3) is 4.01. The Morgan fingerprint density at radius 3 is 2.84 bits per heavy atom. The Hall–Kier alpha value is -0.433. The van der Waals surface area contributed by atoms with Crippen LogP contribution in [0, 0.1) is 0 Å². The van der Waals surface area contributed by atoms with Crippen molar-refractivity contribution in [3.63, 3.8) is 0 Å². The normalized spacial score (nSPS) is 12.3. The van der Waals surface area contributed by atoms with Gasteiger partial charge in [0.1, 0.15) is 12.4 Å². The first kappa shape index (κ1) is 15.0. The maximum Gasteiger partial charge on any atom is 0.224 e. The van der Waals surface area contributed by atoms with Crippen molar-refractivity contribution in [3.8, 4) is 0 Å². The van der Waals surface area contributed by atoms with Crippen LogP contribution >= 0.6 is 27.5 Å². The molecule has 0 amide bonds. The molecule has 0 spiro atoms. The maximum absolute atomic E-state index is 5.83. The van der Waals surface area contributed by atoms with Crippen LogP contribution in [0.2, 0.25) is 31.0 Å². The second kappa shape index (κ2) is 5.91. The second-order valence-corrected chi connectivity index (χ2v) is 12.5. The lowest BCUT2D eigenvalue weighted by atomic mass is 10.4. The van der Waals surface area contributed by atoms with Crippen LogP contribution in [0.4, 0.5) is 0 Å². The van der Waals surface area contributed by atoms with E-state index in [9.17, 15) is 0 Å². The molecule has 0 aliphatic carbocycles. The molecule has 0 fully saturated rings. The lowest BCUT2D eigenvalue weighted by Gasteiger charge is -2.15. The molecule has 0 aliphatic rings. The molecule has 4 nitrogen and oxygen atoms in total. The van der Waals surface area contributed by atoms with E-state index in [0.717, 1.165) is 28.2 Å². The third-order valence-corrected chi connectivity index (χ3v) is 5.28. The van der Waals surface area contributed by atoms with Crippen LogP contribution in [-0.4, -0.2) is 29.2 Å². The van der Waals surface area contributed by atoms with Gasteiger partial charge in [0.25, 0.3) is 0 Å². The van der Waals surface area contributed by atoms with Crippen LogP contribution in [0.25, 0.3) is 11.0 Å². The first-order chi connectivity index (χ1) is 8.87. The van der Waals surface area contributed by atoms with Crippen LogP contribution in [0.15, 0.2) is 16.9 Å². The minimum Gasteiger partial charge on any atom is -0.361 e. The Balaban J connectivity index is 2.07. The molecule has 0 saturated heterocycles. The van der Waals surface area contributed by atoms with E-state index in [1.165, 1.54) is 0 Å². The summed E-state index contributed by atoms with van der Waals surface area (Å²) in [4.78, 5) is 8.23. The molecule has 2 heterocycles. The topological polar surface area (TPSA) is 39.9 Å². The monoisotopic (exact) mass is 361 g/mol. The summed E-state index contributed by atoms with van der Waals surface area (Å²) in [6.45, 7) is 8.28. The van der Waals surface area contributed by atoms with E-state index >= 15 is 0 Å². The van der Waals surface area contributed by atoms with E-state index in [1.807, 2.05) is 10.8 Å². The van der Waals surface area contributed by atoms with E-state index in [2.05, 4.69) is 45.5 Å². The predicted octanol–water partition coefficient (Wildman–Crippen LogP) is 4.16. The molecule has 2 aromatic rings. The molecule has 0 bridgehead atoms. The zero-order valence-corrected chi connectivity index (χ0v) is 14.6. The van der Waals surface area contributed by atoms with Crippen molar-refractivity contribution in [3.05, 3.63) is 22.1 Å². The summed E-state index contributed by atoms with van der Waals surface area (Å²) < 4.78 is 8.62. The fourth-order valence-corrected chi connectivity index (χ4v) is 3.06. The molecule has 2 rings (SSSR count). The fourth-order valence-electron chi connectivity index (χ4n) is 1.65. The smallest absolute Gasteiger partial charge is 0.224 e. The first-order valence-electron chi connectivity index (χ1n) is 6.11. The standard InChI is InChI=1S/C12H17BrClN3OSi/c1-19(2,3)5-4-18-8-17-7-10(13)9-6-15-12(14)16-11(9)17/h6-7H,4-5,8H2,1-3H3. The van der Waals surface area contributed by atoms with Gasteiger partial charge in [0.05, 0.1) is 5.39 Å². The molecule has 0 saturated carbocycles. The molecule has 104 valence electrons. The first-order valence-corrected chi connectivity index (χ1v) is 11.0. The molecule has 0 N–H and O–H groups in total. The van der Waals surface area contributed by atoms with Gasteiger partial charge in [-0.25, -0.2) is 4.98 Å². The molecule has 0 aromatic carbocycles. The Labute approximate surface area is 127 Å². The molecule has 0 atom stereocenters. The van der Waals surface area contributed by atoms with Crippen molar-refractivity contribution in [2.45, 2.75) is 32.4 Å². The summed E-state index contributed by atoms with van der Waals surface area (Å²) in [5, 5.41) is 1.19. The van der Waals surface area contributed by atoms with Gasteiger partial charge in [0.2, 0.25) is 5.28 Å². The Morgan fingerprint density at radius 1 is 1.42 bits per heavy atom. The number of aromatic nitrogens is 3. The Bertz CT molecular complexity index is 582. The van der Waals surface area contributed by atoms with E-state index in [0.29, 0.717) is 6.73 Å². The van der Waals surface area contributed by atoms with Crippen LogP contribution in [0.5, 0.6) is 0 Å². The highest BCUT2D eigenvalue weighted by Crippen LogP contribution is 2.25.